The smallest absolute Gasteiger partial charge is 0.325 e. The third-order valence-corrected chi connectivity index (χ3v) is 5.24. The molecule has 2 aromatic carbocycles. The van der Waals surface area contributed by atoms with Crippen molar-refractivity contribution < 1.29 is 19.1 Å². The van der Waals surface area contributed by atoms with Gasteiger partial charge in [0, 0.05) is 5.02 Å². The number of nitrogens with zero attached hydrogens (tertiary/aromatic N) is 1. The molecule has 1 N–H and O–H groups in total. The highest BCUT2D eigenvalue weighted by molar-refractivity contribution is 9.10. The minimum Gasteiger partial charge on any atom is -0.497 e. The zero-order valence-corrected chi connectivity index (χ0v) is 17.1. The average molecular weight is 454 g/mol. The largest absolute Gasteiger partial charge is 0.497 e. The Bertz CT molecular complexity index is 892. The van der Waals surface area contributed by atoms with Gasteiger partial charge in [-0.2, -0.15) is 0 Å². The van der Waals surface area contributed by atoms with Gasteiger partial charge in [0.2, 0.25) is 0 Å². The summed E-state index contributed by atoms with van der Waals surface area (Å²) in [6.45, 7) is 1.96. The molecule has 27 heavy (non-hydrogen) atoms. The van der Waals surface area contributed by atoms with Crippen LogP contribution in [0.4, 0.5) is 4.79 Å². The Balaban J connectivity index is 1.70. The number of carbonyl (C=O) groups is 2. The summed E-state index contributed by atoms with van der Waals surface area (Å²) in [5, 5.41) is 3.35. The van der Waals surface area contributed by atoms with Crippen molar-refractivity contribution in [3.63, 3.8) is 0 Å². The van der Waals surface area contributed by atoms with Crippen molar-refractivity contribution in [2.75, 3.05) is 20.3 Å². The molecular weight excluding hydrogens is 436 g/mol. The Morgan fingerprint density at radius 1 is 1.22 bits per heavy atom. The Morgan fingerprint density at radius 2 is 2.00 bits per heavy atom. The highest BCUT2D eigenvalue weighted by Crippen LogP contribution is 2.31. The van der Waals surface area contributed by atoms with Gasteiger partial charge in [0.05, 0.1) is 18.1 Å². The van der Waals surface area contributed by atoms with E-state index in [2.05, 4.69) is 21.2 Å². The van der Waals surface area contributed by atoms with Gasteiger partial charge in [-0.25, -0.2) is 4.79 Å². The number of hydrogen-bond acceptors (Lipinski definition) is 4. The number of nitrogens with one attached hydrogen (secondary N) is 1. The van der Waals surface area contributed by atoms with Crippen molar-refractivity contribution >= 4 is 39.5 Å². The van der Waals surface area contributed by atoms with E-state index in [1.807, 2.05) is 0 Å². The van der Waals surface area contributed by atoms with E-state index >= 15 is 0 Å². The van der Waals surface area contributed by atoms with Crippen LogP contribution in [0.15, 0.2) is 46.9 Å². The van der Waals surface area contributed by atoms with Crippen LogP contribution in [0.5, 0.6) is 11.5 Å². The summed E-state index contributed by atoms with van der Waals surface area (Å²) >= 11 is 9.27. The summed E-state index contributed by atoms with van der Waals surface area (Å²) in [5.74, 6) is 0.867. The Morgan fingerprint density at radius 3 is 2.70 bits per heavy atom. The van der Waals surface area contributed by atoms with E-state index in [1.54, 1.807) is 56.5 Å². The SMILES string of the molecule is COc1cccc([C@]2(C)NC(=O)N(CCOc3ccc(Cl)cc3Br)C2=O)c1. The van der Waals surface area contributed by atoms with Crippen molar-refractivity contribution in [3.8, 4) is 11.5 Å². The molecule has 1 heterocycles. The van der Waals surface area contributed by atoms with Crippen molar-refractivity contribution in [1.29, 1.82) is 0 Å². The molecule has 3 rings (SSSR count). The minimum absolute atomic E-state index is 0.124. The van der Waals surface area contributed by atoms with Crippen molar-refractivity contribution in [2.45, 2.75) is 12.5 Å². The van der Waals surface area contributed by atoms with E-state index in [1.165, 1.54) is 0 Å². The molecule has 1 saturated heterocycles. The van der Waals surface area contributed by atoms with Gasteiger partial charge in [0.15, 0.2) is 0 Å². The topological polar surface area (TPSA) is 67.9 Å². The van der Waals surface area contributed by atoms with Crippen LogP contribution in [-0.2, 0) is 10.3 Å². The van der Waals surface area contributed by atoms with E-state index in [9.17, 15) is 9.59 Å². The second-order valence-electron chi connectivity index (χ2n) is 6.17. The molecule has 0 saturated carbocycles. The molecule has 0 spiro atoms. The third-order valence-electron chi connectivity index (χ3n) is 4.39. The number of rotatable bonds is 6. The molecule has 142 valence electrons. The first-order valence-corrected chi connectivity index (χ1v) is 9.39. The predicted molar refractivity (Wildman–Crippen MR) is 105 cm³/mol. The lowest BCUT2D eigenvalue weighted by atomic mass is 9.92. The highest BCUT2D eigenvalue weighted by Gasteiger charge is 2.48. The number of benzene rings is 2. The van der Waals surface area contributed by atoms with E-state index in [4.69, 9.17) is 21.1 Å². The Kier molecular flexibility index (Phi) is 5.62. The lowest BCUT2D eigenvalue weighted by Gasteiger charge is -2.22. The molecule has 0 bridgehead atoms. The molecule has 2 aromatic rings. The number of amides is 3. The van der Waals surface area contributed by atoms with Crippen LogP contribution in [0.1, 0.15) is 12.5 Å². The van der Waals surface area contributed by atoms with Crippen LogP contribution in [0, 0.1) is 0 Å². The second kappa shape index (κ2) is 7.78. The van der Waals surface area contributed by atoms with Crippen molar-refractivity contribution in [3.05, 3.63) is 57.5 Å². The quantitative estimate of drug-likeness (QED) is 0.672. The number of ether oxygens (including phenoxy) is 2. The molecule has 6 nitrogen and oxygen atoms in total. The number of methoxy groups -OCH3 is 1. The first-order chi connectivity index (χ1) is 12.8. The first kappa shape index (κ1) is 19.5. The number of imide groups is 1. The molecule has 1 atom stereocenters. The number of hydrogen-bond donors (Lipinski definition) is 1. The molecule has 0 aliphatic carbocycles. The summed E-state index contributed by atoms with van der Waals surface area (Å²) in [4.78, 5) is 26.4. The Labute approximate surface area is 170 Å². The van der Waals surface area contributed by atoms with E-state index in [0.29, 0.717) is 26.6 Å². The summed E-state index contributed by atoms with van der Waals surface area (Å²) in [6.07, 6.45) is 0. The summed E-state index contributed by atoms with van der Waals surface area (Å²) in [7, 11) is 1.55. The molecule has 0 unspecified atom stereocenters. The summed E-state index contributed by atoms with van der Waals surface area (Å²) in [6, 6.07) is 11.8. The lowest BCUT2D eigenvalue weighted by molar-refractivity contribution is -0.131. The van der Waals surface area contributed by atoms with E-state index < -0.39 is 11.6 Å². The number of halogens is 2. The van der Waals surface area contributed by atoms with Gasteiger partial charge in [0.25, 0.3) is 5.91 Å². The standard InChI is InChI=1S/C19H18BrClN2O4/c1-19(12-4-3-5-14(10-12)26-2)17(24)23(18(25)22-19)8-9-27-16-7-6-13(21)11-15(16)20/h3-7,10-11H,8-9H2,1-2H3,(H,22,25)/t19-/m0/s1. The number of urea groups is 1. The molecular formula is C19H18BrClN2O4. The monoisotopic (exact) mass is 452 g/mol. The molecule has 1 fully saturated rings. The van der Waals surface area contributed by atoms with Gasteiger partial charge in [-0.3, -0.25) is 9.69 Å². The van der Waals surface area contributed by atoms with Crippen LogP contribution in [0.3, 0.4) is 0 Å². The summed E-state index contributed by atoms with van der Waals surface area (Å²) in [5.41, 5.74) is -0.490. The normalized spacial score (nSPS) is 19.2. The number of carbonyl (C=O) groups excluding carboxylic acids is 2. The average Bonchev–Trinajstić information content (AvgIpc) is 2.87. The van der Waals surface area contributed by atoms with E-state index in [0.717, 1.165) is 4.90 Å². The van der Waals surface area contributed by atoms with Crippen LogP contribution in [0.25, 0.3) is 0 Å². The van der Waals surface area contributed by atoms with Crippen molar-refractivity contribution in [2.24, 2.45) is 0 Å². The van der Waals surface area contributed by atoms with Gasteiger partial charge < -0.3 is 14.8 Å². The summed E-state index contributed by atoms with van der Waals surface area (Å²) < 4.78 is 11.6. The van der Waals surface area contributed by atoms with Gasteiger partial charge in [-0.15, -0.1) is 0 Å². The van der Waals surface area contributed by atoms with Crippen LogP contribution in [-0.4, -0.2) is 37.1 Å². The maximum atomic E-state index is 12.9. The first-order valence-electron chi connectivity index (χ1n) is 8.21. The third kappa shape index (κ3) is 3.89. The Hall–Kier alpha value is -2.25. The van der Waals surface area contributed by atoms with Gasteiger partial charge in [0.1, 0.15) is 23.6 Å². The lowest BCUT2D eigenvalue weighted by Crippen LogP contribution is -2.41. The second-order valence-corrected chi connectivity index (χ2v) is 7.46. The maximum absolute atomic E-state index is 12.9. The van der Waals surface area contributed by atoms with Gasteiger partial charge in [-0.1, -0.05) is 23.7 Å². The molecule has 1 aliphatic heterocycles. The van der Waals surface area contributed by atoms with Gasteiger partial charge in [-0.05, 0) is 58.7 Å². The fraction of sp³-hybridized carbons (Fsp3) is 0.263. The molecule has 3 amide bonds. The minimum atomic E-state index is -1.15. The molecule has 8 heteroatoms. The molecule has 0 radical (unpaired) electrons. The van der Waals surface area contributed by atoms with Crippen LogP contribution < -0.4 is 14.8 Å². The van der Waals surface area contributed by atoms with Crippen LogP contribution >= 0.6 is 27.5 Å². The fourth-order valence-electron chi connectivity index (χ4n) is 2.87. The molecule has 1 aliphatic rings. The maximum Gasteiger partial charge on any atom is 0.325 e. The zero-order valence-electron chi connectivity index (χ0n) is 14.8. The predicted octanol–water partition coefficient (Wildman–Crippen LogP) is 3.96. The zero-order chi connectivity index (χ0) is 19.6. The molecule has 0 aromatic heterocycles. The van der Waals surface area contributed by atoms with Gasteiger partial charge >= 0.3 is 6.03 Å². The fourth-order valence-corrected chi connectivity index (χ4v) is 3.67. The van der Waals surface area contributed by atoms with Crippen LogP contribution in [0.2, 0.25) is 5.02 Å². The van der Waals surface area contributed by atoms with Crippen molar-refractivity contribution in [1.82, 2.24) is 10.2 Å². The van der Waals surface area contributed by atoms with E-state index in [-0.39, 0.29) is 19.1 Å². The highest BCUT2D eigenvalue weighted by atomic mass is 79.9.